The molecule has 0 aliphatic carbocycles. The van der Waals surface area contributed by atoms with Gasteiger partial charge in [-0.15, -0.1) is 0 Å². The second kappa shape index (κ2) is 10.7. The Balaban J connectivity index is 1.86. The molecule has 1 N–H and O–H groups in total. The van der Waals surface area contributed by atoms with E-state index in [4.69, 9.17) is 5.10 Å². The minimum Gasteiger partial charge on any atom is -0.319 e. The minimum atomic E-state index is -1.64. The molecule has 0 spiro atoms. The first-order chi connectivity index (χ1) is 18.9. The van der Waals surface area contributed by atoms with Crippen molar-refractivity contribution in [2.75, 3.05) is 23.1 Å². The molecular weight excluding hydrogens is 486 g/mol. The zero-order chi connectivity index (χ0) is 27.6. The maximum absolute atomic E-state index is 14.8. The lowest BCUT2D eigenvalue weighted by atomic mass is 9.91. The molecule has 7 heteroatoms. The van der Waals surface area contributed by atoms with Crippen LogP contribution in [0.1, 0.15) is 31.9 Å². The number of nitrogens with one attached hydrogen (secondary N) is 1. The molecule has 1 aliphatic heterocycles. The van der Waals surface area contributed by atoms with Crippen molar-refractivity contribution >= 4 is 39.7 Å². The summed E-state index contributed by atoms with van der Waals surface area (Å²) in [6, 6.07) is 31.3. The molecule has 0 bridgehead atoms. The lowest BCUT2D eigenvalue weighted by Gasteiger charge is -2.47. The van der Waals surface area contributed by atoms with E-state index in [0.29, 0.717) is 24.5 Å². The second-order valence-corrected chi connectivity index (χ2v) is 9.61. The fourth-order valence-electron chi connectivity index (χ4n) is 5.27. The van der Waals surface area contributed by atoms with Gasteiger partial charge < -0.3 is 5.32 Å². The average molecular weight is 520 g/mol. The van der Waals surface area contributed by atoms with Gasteiger partial charge >= 0.3 is 5.91 Å². The summed E-state index contributed by atoms with van der Waals surface area (Å²) >= 11 is 0. The number of amides is 2. The Morgan fingerprint density at radius 1 is 0.872 bits per heavy atom. The molecule has 39 heavy (non-hydrogen) atoms. The van der Waals surface area contributed by atoms with Gasteiger partial charge in [0, 0.05) is 25.6 Å². The molecule has 0 saturated carbocycles. The van der Waals surface area contributed by atoms with Crippen molar-refractivity contribution in [1.29, 1.82) is 0 Å². The number of rotatable bonds is 8. The van der Waals surface area contributed by atoms with E-state index in [1.54, 1.807) is 0 Å². The normalized spacial score (nSPS) is 17.0. The SMILES string of the molecule is CCN(CC)N(c1ccccc1)C1(NC(C)=O)C(=O)N(c2ccc(C)cc2)N=C1c1cccc2ccccc12. The number of hydrogen-bond acceptors (Lipinski definition) is 5. The predicted octanol–water partition coefficient (Wildman–Crippen LogP) is 5.49. The van der Waals surface area contributed by atoms with Gasteiger partial charge in [-0.05, 0) is 42.0 Å². The monoisotopic (exact) mass is 519 g/mol. The zero-order valence-corrected chi connectivity index (χ0v) is 22.8. The standard InChI is InChI=1S/C32H33N5O2/c1-5-35(6-2)37(27-15-8-7-9-16-27)32(33-24(4)38)30(29-18-12-14-25-13-10-11-17-28(25)29)34-36(31(32)39)26-21-19-23(3)20-22-26/h7-22H,5-6H2,1-4H3,(H,33,38). The zero-order valence-electron chi connectivity index (χ0n) is 22.8. The van der Waals surface area contributed by atoms with Crippen LogP contribution in [0.4, 0.5) is 11.4 Å². The largest absolute Gasteiger partial charge is 0.319 e. The van der Waals surface area contributed by atoms with E-state index in [2.05, 4.69) is 10.3 Å². The van der Waals surface area contributed by atoms with Gasteiger partial charge in [0.05, 0.1) is 11.4 Å². The Kier molecular flexibility index (Phi) is 7.17. The first-order valence-electron chi connectivity index (χ1n) is 13.3. The molecule has 1 heterocycles. The fraction of sp³-hybridized carbons (Fsp3) is 0.219. The molecule has 4 aromatic carbocycles. The first kappa shape index (κ1) is 26.1. The molecule has 2 amide bonds. The average Bonchev–Trinajstić information content (AvgIpc) is 3.23. The Morgan fingerprint density at radius 3 is 2.18 bits per heavy atom. The maximum Gasteiger partial charge on any atom is 0.302 e. The van der Waals surface area contributed by atoms with E-state index in [0.717, 1.165) is 27.6 Å². The summed E-state index contributed by atoms with van der Waals surface area (Å²) in [4.78, 5) is 27.9. The summed E-state index contributed by atoms with van der Waals surface area (Å²) in [6.07, 6.45) is 0. The van der Waals surface area contributed by atoms with Crippen LogP contribution in [0, 0.1) is 6.92 Å². The number of carbonyl (C=O) groups excluding carboxylic acids is 2. The van der Waals surface area contributed by atoms with Crippen LogP contribution < -0.4 is 15.3 Å². The molecule has 1 atom stereocenters. The third kappa shape index (κ3) is 4.55. The van der Waals surface area contributed by atoms with Crippen molar-refractivity contribution in [3.63, 3.8) is 0 Å². The number of nitrogens with zero attached hydrogens (tertiary/aromatic N) is 4. The summed E-state index contributed by atoms with van der Waals surface area (Å²) in [5.74, 6) is -0.699. The molecular formula is C32H33N5O2. The van der Waals surface area contributed by atoms with Crippen molar-refractivity contribution < 1.29 is 9.59 Å². The molecule has 5 rings (SSSR count). The lowest BCUT2D eigenvalue weighted by Crippen LogP contribution is -2.73. The second-order valence-electron chi connectivity index (χ2n) is 9.61. The van der Waals surface area contributed by atoms with E-state index in [1.165, 1.54) is 11.9 Å². The van der Waals surface area contributed by atoms with Crippen LogP contribution in [0.25, 0.3) is 10.8 Å². The number of para-hydroxylation sites is 1. The van der Waals surface area contributed by atoms with Crippen LogP contribution >= 0.6 is 0 Å². The van der Waals surface area contributed by atoms with E-state index in [9.17, 15) is 9.59 Å². The number of benzene rings is 4. The van der Waals surface area contributed by atoms with Crippen LogP contribution in [0.5, 0.6) is 0 Å². The molecule has 0 radical (unpaired) electrons. The molecule has 0 saturated heterocycles. The summed E-state index contributed by atoms with van der Waals surface area (Å²) in [5.41, 5.74) is 2.05. The Bertz CT molecular complexity index is 1520. The Labute approximate surface area is 229 Å². The third-order valence-corrected chi connectivity index (χ3v) is 7.06. The van der Waals surface area contributed by atoms with Crippen molar-refractivity contribution in [2.45, 2.75) is 33.4 Å². The summed E-state index contributed by atoms with van der Waals surface area (Å²) in [7, 11) is 0. The van der Waals surface area contributed by atoms with Gasteiger partial charge in [-0.3, -0.25) is 14.6 Å². The van der Waals surface area contributed by atoms with Gasteiger partial charge in [-0.2, -0.15) is 10.1 Å². The highest BCUT2D eigenvalue weighted by atomic mass is 16.2. The molecule has 7 nitrogen and oxygen atoms in total. The minimum absolute atomic E-state index is 0.338. The quantitative estimate of drug-likeness (QED) is 0.247. The van der Waals surface area contributed by atoms with Crippen LogP contribution in [0.15, 0.2) is 102 Å². The maximum atomic E-state index is 14.8. The topological polar surface area (TPSA) is 68.2 Å². The van der Waals surface area contributed by atoms with Crippen molar-refractivity contribution in [3.8, 4) is 0 Å². The van der Waals surface area contributed by atoms with Crippen molar-refractivity contribution in [1.82, 2.24) is 10.3 Å². The van der Waals surface area contributed by atoms with Gasteiger partial charge in [0.25, 0.3) is 5.66 Å². The van der Waals surface area contributed by atoms with Crippen molar-refractivity contribution in [3.05, 3.63) is 108 Å². The van der Waals surface area contributed by atoms with Crippen LogP contribution in [0.2, 0.25) is 0 Å². The van der Waals surface area contributed by atoms with E-state index >= 15 is 0 Å². The number of fused-ring (bicyclic) bond motifs is 1. The molecule has 0 fully saturated rings. The number of hydrazine groups is 1. The molecule has 0 aromatic heterocycles. The highest BCUT2D eigenvalue weighted by Gasteiger charge is 2.59. The number of hydrogen-bond donors (Lipinski definition) is 1. The fourth-order valence-corrected chi connectivity index (χ4v) is 5.27. The number of carbonyl (C=O) groups is 2. The van der Waals surface area contributed by atoms with E-state index in [-0.39, 0.29) is 11.8 Å². The lowest BCUT2D eigenvalue weighted by molar-refractivity contribution is -0.129. The van der Waals surface area contributed by atoms with Gasteiger partial charge in [-0.25, -0.2) is 5.01 Å². The molecule has 4 aromatic rings. The highest BCUT2D eigenvalue weighted by molar-refractivity contribution is 6.33. The Morgan fingerprint density at radius 2 is 1.51 bits per heavy atom. The van der Waals surface area contributed by atoms with Gasteiger partial charge in [0.1, 0.15) is 5.71 Å². The van der Waals surface area contributed by atoms with Crippen LogP contribution in [-0.2, 0) is 9.59 Å². The molecule has 1 aliphatic rings. The number of anilines is 2. The van der Waals surface area contributed by atoms with E-state index in [1.807, 2.05) is 123 Å². The summed E-state index contributed by atoms with van der Waals surface area (Å²) < 4.78 is 0. The predicted molar refractivity (Wildman–Crippen MR) is 158 cm³/mol. The highest BCUT2D eigenvalue weighted by Crippen LogP contribution is 2.38. The first-order valence-corrected chi connectivity index (χ1v) is 13.3. The van der Waals surface area contributed by atoms with Gasteiger partial charge in [-0.1, -0.05) is 92.2 Å². The van der Waals surface area contributed by atoms with Gasteiger partial charge in [0.2, 0.25) is 5.91 Å². The molecule has 1 unspecified atom stereocenters. The number of hydrazone groups is 1. The van der Waals surface area contributed by atoms with Gasteiger partial charge in [0.15, 0.2) is 0 Å². The Hall–Kier alpha value is -4.49. The van der Waals surface area contributed by atoms with E-state index < -0.39 is 5.66 Å². The summed E-state index contributed by atoms with van der Waals surface area (Å²) in [6.45, 7) is 8.72. The van der Waals surface area contributed by atoms with Crippen molar-refractivity contribution in [2.24, 2.45) is 5.10 Å². The van der Waals surface area contributed by atoms with Crippen LogP contribution in [-0.4, -0.2) is 41.3 Å². The summed E-state index contributed by atoms with van der Waals surface area (Å²) in [5, 5.41) is 15.5. The smallest absolute Gasteiger partial charge is 0.302 e. The number of aryl methyl sites for hydroxylation is 1. The van der Waals surface area contributed by atoms with Crippen LogP contribution in [0.3, 0.4) is 0 Å². The third-order valence-electron chi connectivity index (χ3n) is 7.06. The molecule has 198 valence electrons.